The van der Waals surface area contributed by atoms with Gasteiger partial charge in [-0.05, 0) is 79.6 Å². The molecule has 0 saturated heterocycles. The number of hydrogen-bond donors (Lipinski definition) is 1. The fraction of sp³-hybridized carbons (Fsp3) is 0.286. The molecule has 0 unspecified atom stereocenters. The molecule has 1 N–H and O–H groups in total. The molecule has 2 heterocycles. The van der Waals surface area contributed by atoms with E-state index in [0.717, 1.165) is 52.1 Å². The molecule has 2 aromatic carbocycles. The zero-order valence-corrected chi connectivity index (χ0v) is 19.2. The van der Waals surface area contributed by atoms with Gasteiger partial charge in [0.1, 0.15) is 11.6 Å². The summed E-state index contributed by atoms with van der Waals surface area (Å²) in [6.45, 7) is 2.54. The smallest absolute Gasteiger partial charge is 0.254 e. The van der Waals surface area contributed by atoms with E-state index in [-0.39, 0.29) is 5.91 Å². The van der Waals surface area contributed by atoms with E-state index in [1.807, 2.05) is 11.8 Å². The molecule has 2 aliphatic rings. The quantitative estimate of drug-likeness (QED) is 0.410. The summed E-state index contributed by atoms with van der Waals surface area (Å²) < 4.78 is 0. The number of anilines is 1. The molecular formula is C28H27N5O. The molecule has 4 aromatic rings. The maximum absolute atomic E-state index is 13.2. The standard InChI is InChI=1S/C28H27N5O/c1-18-30-26-10-5-22(16-25(26)27(31-18)32-23-6-7-23)21-4-2-3-19(15-21)17-33(24-8-9-24)28(34)20-11-13-29-14-12-20/h2-5,10-16,23-24H,6-9,17H2,1H3,(H,30,31,32). The number of nitrogens with one attached hydrogen (secondary N) is 1. The van der Waals surface area contributed by atoms with Crippen molar-refractivity contribution in [2.24, 2.45) is 0 Å². The van der Waals surface area contributed by atoms with Gasteiger partial charge in [0.2, 0.25) is 0 Å². The Bertz CT molecular complexity index is 1360. The summed E-state index contributed by atoms with van der Waals surface area (Å²) in [6.07, 6.45) is 7.88. The number of aryl methyl sites for hydroxylation is 1. The second-order valence-electron chi connectivity index (χ2n) is 9.37. The fourth-order valence-electron chi connectivity index (χ4n) is 4.41. The zero-order valence-electron chi connectivity index (χ0n) is 19.2. The molecule has 6 rings (SSSR count). The van der Waals surface area contributed by atoms with Crippen molar-refractivity contribution in [2.75, 3.05) is 5.32 Å². The Kier molecular flexibility index (Phi) is 5.21. The van der Waals surface area contributed by atoms with Gasteiger partial charge in [-0.25, -0.2) is 9.97 Å². The molecule has 0 radical (unpaired) electrons. The molecule has 2 aromatic heterocycles. The van der Waals surface area contributed by atoms with Crippen LogP contribution in [0.15, 0.2) is 67.0 Å². The first kappa shape index (κ1) is 20.8. The number of carbonyl (C=O) groups is 1. The van der Waals surface area contributed by atoms with Crippen molar-refractivity contribution in [1.29, 1.82) is 0 Å². The molecule has 2 aliphatic carbocycles. The van der Waals surface area contributed by atoms with Crippen LogP contribution in [0, 0.1) is 6.92 Å². The van der Waals surface area contributed by atoms with Gasteiger partial charge in [0, 0.05) is 42.0 Å². The molecule has 1 amide bonds. The van der Waals surface area contributed by atoms with Crippen molar-refractivity contribution >= 4 is 22.6 Å². The Morgan fingerprint density at radius 2 is 1.76 bits per heavy atom. The largest absolute Gasteiger partial charge is 0.367 e. The predicted octanol–water partition coefficient (Wildman–Crippen LogP) is 5.38. The van der Waals surface area contributed by atoms with E-state index in [1.165, 1.54) is 12.8 Å². The Morgan fingerprint density at radius 1 is 0.971 bits per heavy atom. The van der Waals surface area contributed by atoms with Crippen molar-refractivity contribution < 1.29 is 4.79 Å². The number of benzene rings is 2. The van der Waals surface area contributed by atoms with Crippen molar-refractivity contribution in [3.05, 3.63) is 83.9 Å². The summed E-state index contributed by atoms with van der Waals surface area (Å²) in [5, 5.41) is 4.61. The maximum Gasteiger partial charge on any atom is 0.254 e. The summed E-state index contributed by atoms with van der Waals surface area (Å²) in [4.78, 5) is 28.5. The topological polar surface area (TPSA) is 71.0 Å². The van der Waals surface area contributed by atoms with Crippen molar-refractivity contribution in [3.8, 4) is 11.1 Å². The average molecular weight is 450 g/mol. The summed E-state index contributed by atoms with van der Waals surface area (Å²) in [7, 11) is 0. The number of rotatable bonds is 7. The second kappa shape index (κ2) is 8.52. The van der Waals surface area contributed by atoms with Crippen LogP contribution in [0.2, 0.25) is 0 Å². The number of fused-ring (bicyclic) bond motifs is 1. The van der Waals surface area contributed by atoms with Crippen LogP contribution >= 0.6 is 0 Å². The second-order valence-corrected chi connectivity index (χ2v) is 9.37. The van der Waals surface area contributed by atoms with E-state index in [2.05, 4.69) is 62.7 Å². The summed E-state index contributed by atoms with van der Waals surface area (Å²) in [5.41, 5.74) is 5.03. The highest BCUT2D eigenvalue weighted by Crippen LogP contribution is 2.33. The monoisotopic (exact) mass is 449 g/mol. The van der Waals surface area contributed by atoms with Gasteiger partial charge >= 0.3 is 0 Å². The molecule has 34 heavy (non-hydrogen) atoms. The Morgan fingerprint density at radius 3 is 2.53 bits per heavy atom. The lowest BCUT2D eigenvalue weighted by atomic mass is 10.0. The van der Waals surface area contributed by atoms with E-state index in [4.69, 9.17) is 0 Å². The molecule has 170 valence electrons. The van der Waals surface area contributed by atoms with Crippen LogP contribution in [-0.4, -0.2) is 37.8 Å². The van der Waals surface area contributed by atoms with Crippen molar-refractivity contribution in [2.45, 2.75) is 51.2 Å². The van der Waals surface area contributed by atoms with Gasteiger partial charge in [0.25, 0.3) is 5.91 Å². The highest BCUT2D eigenvalue weighted by Gasteiger charge is 2.33. The molecule has 0 atom stereocenters. The van der Waals surface area contributed by atoms with Crippen molar-refractivity contribution in [3.63, 3.8) is 0 Å². The minimum absolute atomic E-state index is 0.0734. The lowest BCUT2D eigenvalue weighted by molar-refractivity contribution is 0.0730. The van der Waals surface area contributed by atoms with Gasteiger partial charge in [0.15, 0.2) is 0 Å². The van der Waals surface area contributed by atoms with E-state index in [0.29, 0.717) is 24.2 Å². The van der Waals surface area contributed by atoms with E-state index in [9.17, 15) is 4.79 Å². The number of pyridine rings is 1. The number of amides is 1. The minimum Gasteiger partial charge on any atom is -0.367 e. The normalized spacial score (nSPS) is 15.3. The van der Waals surface area contributed by atoms with Crippen LogP contribution in [0.1, 0.15) is 47.4 Å². The molecule has 0 aliphatic heterocycles. The maximum atomic E-state index is 13.2. The number of hydrogen-bond acceptors (Lipinski definition) is 5. The summed E-state index contributed by atoms with van der Waals surface area (Å²) >= 11 is 0. The van der Waals surface area contributed by atoms with Crippen LogP contribution in [0.5, 0.6) is 0 Å². The zero-order chi connectivity index (χ0) is 23.1. The van der Waals surface area contributed by atoms with Gasteiger partial charge < -0.3 is 10.2 Å². The first-order valence-electron chi connectivity index (χ1n) is 12.0. The van der Waals surface area contributed by atoms with Gasteiger partial charge in [-0.15, -0.1) is 0 Å². The minimum atomic E-state index is 0.0734. The third kappa shape index (κ3) is 4.36. The first-order valence-corrected chi connectivity index (χ1v) is 12.0. The van der Waals surface area contributed by atoms with Gasteiger partial charge in [0.05, 0.1) is 5.52 Å². The van der Waals surface area contributed by atoms with E-state index >= 15 is 0 Å². The third-order valence-electron chi connectivity index (χ3n) is 6.51. The highest BCUT2D eigenvalue weighted by molar-refractivity contribution is 5.95. The predicted molar refractivity (Wildman–Crippen MR) is 133 cm³/mol. The lowest BCUT2D eigenvalue weighted by Crippen LogP contribution is -2.32. The Balaban J connectivity index is 1.30. The molecule has 2 saturated carbocycles. The molecule has 2 fully saturated rings. The number of carbonyl (C=O) groups excluding carboxylic acids is 1. The highest BCUT2D eigenvalue weighted by atomic mass is 16.2. The molecule has 6 nitrogen and oxygen atoms in total. The molecule has 0 spiro atoms. The van der Waals surface area contributed by atoms with Crippen LogP contribution in [0.25, 0.3) is 22.0 Å². The van der Waals surface area contributed by atoms with Crippen LogP contribution in [0.3, 0.4) is 0 Å². The summed E-state index contributed by atoms with van der Waals surface area (Å²) in [6, 6.07) is 19.3. The van der Waals surface area contributed by atoms with E-state index in [1.54, 1.807) is 24.5 Å². The first-order chi connectivity index (χ1) is 16.6. The van der Waals surface area contributed by atoms with Crippen LogP contribution in [0.4, 0.5) is 5.82 Å². The summed E-state index contributed by atoms with van der Waals surface area (Å²) in [5.74, 6) is 1.78. The van der Waals surface area contributed by atoms with Gasteiger partial charge in [-0.1, -0.05) is 24.3 Å². The Labute approximate surface area is 199 Å². The molecule has 0 bridgehead atoms. The third-order valence-corrected chi connectivity index (χ3v) is 6.51. The van der Waals surface area contributed by atoms with Crippen LogP contribution < -0.4 is 5.32 Å². The molecular weight excluding hydrogens is 422 g/mol. The molecule has 6 heteroatoms. The number of nitrogens with zero attached hydrogens (tertiary/aromatic N) is 4. The van der Waals surface area contributed by atoms with Gasteiger partial charge in [-0.2, -0.15) is 0 Å². The fourth-order valence-corrected chi connectivity index (χ4v) is 4.41. The van der Waals surface area contributed by atoms with Crippen LogP contribution in [-0.2, 0) is 6.54 Å². The van der Waals surface area contributed by atoms with Crippen molar-refractivity contribution in [1.82, 2.24) is 19.9 Å². The number of aromatic nitrogens is 3. The lowest BCUT2D eigenvalue weighted by Gasteiger charge is -2.23. The average Bonchev–Trinajstić information content (AvgIpc) is 3.78. The van der Waals surface area contributed by atoms with Gasteiger partial charge in [-0.3, -0.25) is 9.78 Å². The Hall–Kier alpha value is -3.80. The SMILES string of the molecule is Cc1nc(NC2CC2)c2cc(-c3cccc(CN(C(=O)c4ccncc4)C4CC4)c3)ccc2n1. The van der Waals surface area contributed by atoms with E-state index < -0.39 is 0 Å².